The largest absolute Gasteiger partial charge is 0.510 e. The van der Waals surface area contributed by atoms with Crippen LogP contribution in [0.3, 0.4) is 0 Å². The summed E-state index contributed by atoms with van der Waals surface area (Å²) < 4.78 is 6.86. The van der Waals surface area contributed by atoms with Gasteiger partial charge in [-0.15, -0.1) is 0 Å². The molecule has 8 nitrogen and oxygen atoms in total. The molecular weight excluding hydrogens is 250 g/mol. The fraction of sp³-hybridized carbons (Fsp3) is 0.364. The summed E-state index contributed by atoms with van der Waals surface area (Å²) in [6.45, 7) is 3.27. The van der Waals surface area contributed by atoms with Crippen molar-refractivity contribution in [2.45, 2.75) is 26.1 Å². The number of nitrogens with two attached hydrogens (primary N) is 1. The number of ether oxygens (including phenoxy) is 1. The molecule has 2 aromatic heterocycles. The van der Waals surface area contributed by atoms with Gasteiger partial charge in [-0.3, -0.25) is 4.57 Å². The molecular formula is C11H15N5O3. The van der Waals surface area contributed by atoms with Crippen molar-refractivity contribution in [3.63, 3.8) is 0 Å². The molecule has 2 atom stereocenters. The third kappa shape index (κ3) is 2.43. The Morgan fingerprint density at radius 1 is 1.42 bits per heavy atom. The van der Waals surface area contributed by atoms with Crippen LogP contribution in [0.2, 0.25) is 0 Å². The van der Waals surface area contributed by atoms with Crippen molar-refractivity contribution in [1.82, 2.24) is 19.5 Å². The molecule has 0 spiro atoms. The van der Waals surface area contributed by atoms with Crippen LogP contribution in [0, 0.1) is 0 Å². The van der Waals surface area contributed by atoms with Crippen molar-refractivity contribution in [1.29, 1.82) is 0 Å². The van der Waals surface area contributed by atoms with Gasteiger partial charge in [-0.1, -0.05) is 0 Å². The first-order chi connectivity index (χ1) is 9.04. The minimum atomic E-state index is -0.690. The van der Waals surface area contributed by atoms with Crippen LogP contribution in [-0.2, 0) is 4.74 Å². The standard InChI is InChI=1S/C11H15N5O3/c1-6(18)7(2)19-8(3-17)16-5-15-9-10(12)13-4-14-11(9)16/h3-7,17-18H,1-2H3,(H2,12,13,14)/b8-3+/t6-,7-/m1/s1. The smallest absolute Gasteiger partial charge is 0.236 e. The molecule has 0 saturated heterocycles. The molecule has 0 radical (unpaired) electrons. The quantitative estimate of drug-likeness (QED) is 0.689. The average Bonchev–Trinajstić information content (AvgIpc) is 2.80. The lowest BCUT2D eigenvalue weighted by Crippen LogP contribution is -2.23. The predicted octanol–water partition coefficient (Wildman–Crippen LogP) is 0.508. The molecule has 8 heteroatoms. The van der Waals surface area contributed by atoms with Gasteiger partial charge in [-0.05, 0) is 13.8 Å². The lowest BCUT2D eigenvalue weighted by Gasteiger charge is -2.19. The molecule has 0 aromatic carbocycles. The van der Waals surface area contributed by atoms with Crippen LogP contribution in [-0.4, -0.2) is 41.9 Å². The second kappa shape index (κ2) is 5.11. The van der Waals surface area contributed by atoms with Crippen molar-refractivity contribution in [3.8, 4) is 0 Å². The molecule has 102 valence electrons. The second-order valence-corrected chi connectivity index (χ2v) is 4.08. The lowest BCUT2D eigenvalue weighted by atomic mass is 10.3. The van der Waals surface area contributed by atoms with Gasteiger partial charge >= 0.3 is 0 Å². The first-order valence-corrected chi connectivity index (χ1v) is 5.67. The number of fused-ring (bicyclic) bond motifs is 1. The summed E-state index contributed by atoms with van der Waals surface area (Å²) in [5.74, 6) is 0.332. The molecule has 0 aliphatic rings. The van der Waals surface area contributed by atoms with Crippen LogP contribution in [0.4, 0.5) is 5.82 Å². The number of aliphatic hydroxyl groups is 2. The van der Waals surface area contributed by atoms with Gasteiger partial charge in [0.2, 0.25) is 5.88 Å². The zero-order valence-corrected chi connectivity index (χ0v) is 10.6. The first kappa shape index (κ1) is 13.1. The molecule has 2 aromatic rings. The summed E-state index contributed by atoms with van der Waals surface area (Å²) in [5.41, 5.74) is 6.49. The fourth-order valence-electron chi connectivity index (χ4n) is 1.45. The number of rotatable bonds is 4. The van der Waals surface area contributed by atoms with E-state index >= 15 is 0 Å². The zero-order chi connectivity index (χ0) is 14.0. The Bertz CT molecular complexity index is 607. The van der Waals surface area contributed by atoms with Gasteiger partial charge < -0.3 is 20.7 Å². The molecule has 4 N–H and O–H groups in total. The molecule has 0 bridgehead atoms. The molecule has 0 amide bonds. The van der Waals surface area contributed by atoms with Gasteiger partial charge in [-0.25, -0.2) is 15.0 Å². The van der Waals surface area contributed by atoms with Gasteiger partial charge in [0.1, 0.15) is 25.0 Å². The summed E-state index contributed by atoms with van der Waals surface area (Å²) in [5, 5.41) is 18.7. The predicted molar refractivity (Wildman–Crippen MR) is 68.9 cm³/mol. The molecule has 0 saturated carbocycles. The number of aliphatic hydroxyl groups excluding tert-OH is 2. The van der Waals surface area contributed by atoms with E-state index in [4.69, 9.17) is 10.5 Å². The Morgan fingerprint density at radius 2 is 2.16 bits per heavy atom. The number of hydrogen-bond acceptors (Lipinski definition) is 7. The highest BCUT2D eigenvalue weighted by molar-refractivity contribution is 5.83. The molecule has 2 rings (SSSR count). The highest BCUT2D eigenvalue weighted by atomic mass is 16.5. The normalized spacial score (nSPS) is 15.4. The molecule has 0 unspecified atom stereocenters. The molecule has 2 heterocycles. The van der Waals surface area contributed by atoms with E-state index in [1.165, 1.54) is 17.2 Å². The van der Waals surface area contributed by atoms with Gasteiger partial charge in [0.05, 0.1) is 6.10 Å². The van der Waals surface area contributed by atoms with Crippen molar-refractivity contribution < 1.29 is 14.9 Å². The van der Waals surface area contributed by atoms with E-state index in [2.05, 4.69) is 15.0 Å². The number of aromatic nitrogens is 4. The molecule has 0 fully saturated rings. The molecule has 19 heavy (non-hydrogen) atoms. The number of hydrogen-bond donors (Lipinski definition) is 3. The van der Waals surface area contributed by atoms with Crippen molar-refractivity contribution in [2.75, 3.05) is 5.73 Å². The van der Waals surface area contributed by atoms with Crippen LogP contribution in [0.1, 0.15) is 13.8 Å². The van der Waals surface area contributed by atoms with Crippen LogP contribution < -0.4 is 5.73 Å². The second-order valence-electron chi connectivity index (χ2n) is 4.08. The summed E-state index contributed by atoms with van der Waals surface area (Å²) in [6.07, 6.45) is 2.28. The minimum Gasteiger partial charge on any atom is -0.510 e. The van der Waals surface area contributed by atoms with Crippen LogP contribution in [0.15, 0.2) is 18.9 Å². The van der Waals surface area contributed by atoms with Crippen LogP contribution in [0.25, 0.3) is 17.0 Å². The Morgan fingerprint density at radius 3 is 2.79 bits per heavy atom. The minimum absolute atomic E-state index is 0.0917. The lowest BCUT2D eigenvalue weighted by molar-refractivity contribution is 0.0361. The van der Waals surface area contributed by atoms with Crippen LogP contribution >= 0.6 is 0 Å². The van der Waals surface area contributed by atoms with E-state index < -0.39 is 12.2 Å². The van der Waals surface area contributed by atoms with E-state index in [9.17, 15) is 10.2 Å². The summed E-state index contributed by atoms with van der Waals surface area (Å²) in [7, 11) is 0. The summed E-state index contributed by atoms with van der Waals surface area (Å²) >= 11 is 0. The fourth-order valence-corrected chi connectivity index (χ4v) is 1.45. The maximum Gasteiger partial charge on any atom is 0.236 e. The third-order valence-electron chi connectivity index (χ3n) is 2.70. The van der Waals surface area contributed by atoms with Crippen molar-refractivity contribution in [2.24, 2.45) is 0 Å². The monoisotopic (exact) mass is 265 g/mol. The van der Waals surface area contributed by atoms with E-state index in [0.29, 0.717) is 11.2 Å². The van der Waals surface area contributed by atoms with Gasteiger partial charge in [0.25, 0.3) is 0 Å². The van der Waals surface area contributed by atoms with Gasteiger partial charge in [0.15, 0.2) is 17.0 Å². The Balaban J connectivity index is 2.40. The van der Waals surface area contributed by atoms with E-state index in [-0.39, 0.29) is 11.7 Å². The number of nitrogens with zero attached hydrogens (tertiary/aromatic N) is 4. The third-order valence-corrected chi connectivity index (χ3v) is 2.70. The van der Waals surface area contributed by atoms with Gasteiger partial charge in [-0.2, -0.15) is 0 Å². The maximum absolute atomic E-state index is 9.42. The van der Waals surface area contributed by atoms with E-state index in [0.717, 1.165) is 6.26 Å². The number of nitrogen functional groups attached to an aromatic ring is 1. The van der Waals surface area contributed by atoms with Gasteiger partial charge in [0, 0.05) is 0 Å². The topological polar surface area (TPSA) is 119 Å². The average molecular weight is 265 g/mol. The Kier molecular flexibility index (Phi) is 3.52. The number of imidazole rings is 1. The number of anilines is 1. The van der Waals surface area contributed by atoms with Crippen LogP contribution in [0.5, 0.6) is 0 Å². The Hall–Kier alpha value is -2.35. The van der Waals surface area contributed by atoms with E-state index in [1.54, 1.807) is 13.8 Å². The molecule has 0 aliphatic heterocycles. The SMILES string of the molecule is C[C@@H](O)[C@@H](C)O/C(=C/O)n1cnc2c(N)ncnc21. The zero-order valence-electron chi connectivity index (χ0n) is 10.6. The first-order valence-electron chi connectivity index (χ1n) is 5.67. The van der Waals surface area contributed by atoms with Crippen molar-refractivity contribution in [3.05, 3.63) is 18.9 Å². The highest BCUT2D eigenvalue weighted by Gasteiger charge is 2.17. The summed E-state index contributed by atoms with van der Waals surface area (Å²) in [6, 6.07) is 0. The highest BCUT2D eigenvalue weighted by Crippen LogP contribution is 2.20. The van der Waals surface area contributed by atoms with E-state index in [1.807, 2.05) is 0 Å². The Labute approximate surface area is 109 Å². The summed E-state index contributed by atoms with van der Waals surface area (Å²) in [4.78, 5) is 11.9. The van der Waals surface area contributed by atoms with Crippen molar-refractivity contribution >= 4 is 22.9 Å². The maximum atomic E-state index is 9.42. The molecule has 0 aliphatic carbocycles.